The Bertz CT molecular complexity index is 360. The second-order valence-corrected chi connectivity index (χ2v) is 6.46. The summed E-state index contributed by atoms with van der Waals surface area (Å²) in [5, 5.41) is 10.2. The summed E-state index contributed by atoms with van der Waals surface area (Å²) in [4.78, 5) is 21.6. The summed E-state index contributed by atoms with van der Waals surface area (Å²) in [6.07, 6.45) is 0. The number of carbonyl (C=O) groups is 2. The number of rotatable bonds is 6. The molecule has 1 unspecified atom stereocenters. The van der Waals surface area contributed by atoms with E-state index in [1.165, 1.54) is 20.8 Å². The Morgan fingerprint density at radius 3 is 2.12 bits per heavy atom. The van der Waals surface area contributed by atoms with Gasteiger partial charge in [0.25, 0.3) is 0 Å². The number of nitrogens with one attached hydrogen (secondary N) is 1. The Kier molecular flexibility index (Phi) is 5.43. The SMILES string of the molecule is CC(CNC(=O)CS(=O)(=O)C(C)C)C(=O)O. The monoisotopic (exact) mass is 251 g/mol. The maximum Gasteiger partial charge on any atom is 0.308 e. The van der Waals surface area contributed by atoms with Gasteiger partial charge in [0, 0.05) is 6.54 Å². The molecule has 0 aromatic carbocycles. The van der Waals surface area contributed by atoms with E-state index >= 15 is 0 Å². The minimum Gasteiger partial charge on any atom is -0.481 e. The number of carboxylic acid groups (broad SMARTS) is 1. The molecule has 0 rings (SSSR count). The van der Waals surface area contributed by atoms with Crippen LogP contribution in [0.25, 0.3) is 0 Å². The normalized spacial score (nSPS) is 13.5. The Labute approximate surface area is 95.0 Å². The maximum absolute atomic E-state index is 11.3. The molecule has 0 radical (unpaired) electrons. The van der Waals surface area contributed by atoms with Crippen molar-refractivity contribution < 1.29 is 23.1 Å². The smallest absolute Gasteiger partial charge is 0.308 e. The minimum absolute atomic E-state index is 0.0677. The third-order valence-electron chi connectivity index (χ3n) is 2.08. The van der Waals surface area contributed by atoms with E-state index < -0.39 is 38.6 Å². The molecule has 94 valence electrons. The molecule has 7 heteroatoms. The lowest BCUT2D eigenvalue weighted by atomic mass is 10.2. The lowest BCUT2D eigenvalue weighted by Crippen LogP contribution is -2.37. The first kappa shape index (κ1) is 14.9. The van der Waals surface area contributed by atoms with Crippen LogP contribution >= 0.6 is 0 Å². The lowest BCUT2D eigenvalue weighted by Gasteiger charge is -2.10. The van der Waals surface area contributed by atoms with Gasteiger partial charge in [0.15, 0.2) is 9.84 Å². The molecular weight excluding hydrogens is 234 g/mol. The van der Waals surface area contributed by atoms with Gasteiger partial charge in [-0.25, -0.2) is 8.42 Å². The van der Waals surface area contributed by atoms with Crippen molar-refractivity contribution in [2.45, 2.75) is 26.0 Å². The van der Waals surface area contributed by atoms with Crippen molar-refractivity contribution in [1.29, 1.82) is 0 Å². The van der Waals surface area contributed by atoms with Gasteiger partial charge in [-0.15, -0.1) is 0 Å². The quantitative estimate of drug-likeness (QED) is 0.671. The van der Waals surface area contributed by atoms with Crippen molar-refractivity contribution >= 4 is 21.7 Å². The van der Waals surface area contributed by atoms with Crippen molar-refractivity contribution in [2.75, 3.05) is 12.3 Å². The van der Waals surface area contributed by atoms with Crippen molar-refractivity contribution in [1.82, 2.24) is 5.32 Å². The van der Waals surface area contributed by atoms with Crippen LogP contribution < -0.4 is 5.32 Å². The van der Waals surface area contributed by atoms with Crippen molar-refractivity contribution in [2.24, 2.45) is 5.92 Å². The van der Waals surface area contributed by atoms with Crippen LogP contribution in [0.15, 0.2) is 0 Å². The fourth-order valence-electron chi connectivity index (χ4n) is 0.755. The van der Waals surface area contributed by atoms with Gasteiger partial charge in [-0.05, 0) is 13.8 Å². The number of hydrogen-bond donors (Lipinski definition) is 2. The van der Waals surface area contributed by atoms with Gasteiger partial charge < -0.3 is 10.4 Å². The Morgan fingerprint density at radius 1 is 1.25 bits per heavy atom. The highest BCUT2D eigenvalue weighted by Crippen LogP contribution is 2.00. The third kappa shape index (κ3) is 5.11. The zero-order valence-electron chi connectivity index (χ0n) is 9.56. The van der Waals surface area contributed by atoms with Gasteiger partial charge >= 0.3 is 5.97 Å². The summed E-state index contributed by atoms with van der Waals surface area (Å²) < 4.78 is 22.7. The molecule has 0 saturated heterocycles. The maximum atomic E-state index is 11.3. The molecule has 0 bridgehead atoms. The highest BCUT2D eigenvalue weighted by molar-refractivity contribution is 7.92. The van der Waals surface area contributed by atoms with Crippen LogP contribution in [0.2, 0.25) is 0 Å². The Hall–Kier alpha value is -1.11. The van der Waals surface area contributed by atoms with Crippen molar-refractivity contribution in [3.63, 3.8) is 0 Å². The van der Waals surface area contributed by atoms with Gasteiger partial charge in [0.1, 0.15) is 5.75 Å². The number of aliphatic carboxylic acids is 1. The van der Waals surface area contributed by atoms with E-state index in [9.17, 15) is 18.0 Å². The Morgan fingerprint density at radius 2 is 1.75 bits per heavy atom. The molecule has 0 aliphatic carbocycles. The van der Waals surface area contributed by atoms with Crippen LogP contribution in [0, 0.1) is 5.92 Å². The van der Waals surface area contributed by atoms with Crippen LogP contribution in [0.3, 0.4) is 0 Å². The summed E-state index contributed by atoms with van der Waals surface area (Å²) in [5.74, 6) is -3.03. The van der Waals surface area contributed by atoms with Crippen molar-refractivity contribution in [3.8, 4) is 0 Å². The number of hydrogen-bond acceptors (Lipinski definition) is 4. The molecule has 1 atom stereocenters. The van der Waals surface area contributed by atoms with Crippen LogP contribution in [0.1, 0.15) is 20.8 Å². The minimum atomic E-state index is -3.43. The zero-order valence-corrected chi connectivity index (χ0v) is 10.4. The largest absolute Gasteiger partial charge is 0.481 e. The van der Waals surface area contributed by atoms with Crippen LogP contribution in [-0.4, -0.2) is 42.9 Å². The van der Waals surface area contributed by atoms with Crippen LogP contribution in [-0.2, 0) is 19.4 Å². The second kappa shape index (κ2) is 5.83. The van der Waals surface area contributed by atoms with E-state index in [4.69, 9.17) is 5.11 Å². The first-order valence-electron chi connectivity index (χ1n) is 4.88. The molecule has 2 N–H and O–H groups in total. The molecule has 0 spiro atoms. The van der Waals surface area contributed by atoms with E-state index in [2.05, 4.69) is 5.32 Å². The van der Waals surface area contributed by atoms with E-state index in [0.717, 1.165) is 0 Å². The van der Waals surface area contributed by atoms with E-state index in [0.29, 0.717) is 0 Å². The van der Waals surface area contributed by atoms with Crippen molar-refractivity contribution in [3.05, 3.63) is 0 Å². The van der Waals surface area contributed by atoms with Crippen LogP contribution in [0.5, 0.6) is 0 Å². The van der Waals surface area contributed by atoms with Crippen LogP contribution in [0.4, 0.5) is 0 Å². The molecule has 0 fully saturated rings. The topological polar surface area (TPSA) is 101 Å². The molecule has 1 amide bonds. The summed E-state index contributed by atoms with van der Waals surface area (Å²) in [5.41, 5.74) is 0. The first-order chi connectivity index (χ1) is 7.16. The molecule has 0 heterocycles. The Balaban J connectivity index is 4.17. The molecule has 0 aromatic heterocycles. The molecule has 6 nitrogen and oxygen atoms in total. The second-order valence-electron chi connectivity index (χ2n) is 3.90. The number of sulfone groups is 1. The third-order valence-corrected chi connectivity index (χ3v) is 4.18. The van der Waals surface area contributed by atoms with Gasteiger partial charge in [0.2, 0.25) is 5.91 Å². The van der Waals surface area contributed by atoms with E-state index in [1.54, 1.807) is 0 Å². The number of carbonyl (C=O) groups excluding carboxylic acids is 1. The van der Waals surface area contributed by atoms with Gasteiger partial charge in [0.05, 0.1) is 11.2 Å². The molecule has 0 saturated carbocycles. The standard InChI is InChI=1S/C9H17NO5S/c1-6(2)16(14,15)5-8(11)10-4-7(3)9(12)13/h6-7H,4-5H2,1-3H3,(H,10,11)(H,12,13). The molecule has 0 aromatic rings. The summed E-state index contributed by atoms with van der Waals surface area (Å²) in [6, 6.07) is 0. The number of amides is 1. The fourth-order valence-corrected chi connectivity index (χ4v) is 1.56. The van der Waals surface area contributed by atoms with Gasteiger partial charge in [-0.2, -0.15) is 0 Å². The number of carboxylic acids is 1. The molecule has 0 aliphatic heterocycles. The van der Waals surface area contributed by atoms with Gasteiger partial charge in [-0.1, -0.05) is 6.92 Å². The zero-order chi connectivity index (χ0) is 12.9. The van der Waals surface area contributed by atoms with Gasteiger partial charge in [-0.3, -0.25) is 9.59 Å². The summed E-state index contributed by atoms with van der Waals surface area (Å²) in [6.45, 7) is 4.34. The molecule has 0 aliphatic rings. The highest BCUT2D eigenvalue weighted by atomic mass is 32.2. The fraction of sp³-hybridized carbons (Fsp3) is 0.778. The predicted molar refractivity (Wildman–Crippen MR) is 58.7 cm³/mol. The van der Waals surface area contributed by atoms with E-state index in [1.807, 2.05) is 0 Å². The summed E-state index contributed by atoms with van der Waals surface area (Å²) in [7, 11) is -3.43. The summed E-state index contributed by atoms with van der Waals surface area (Å²) >= 11 is 0. The molecule has 16 heavy (non-hydrogen) atoms. The first-order valence-corrected chi connectivity index (χ1v) is 6.59. The average molecular weight is 251 g/mol. The predicted octanol–water partition coefficient (Wildman–Crippen LogP) is -0.353. The van der Waals surface area contributed by atoms with E-state index in [-0.39, 0.29) is 6.54 Å². The highest BCUT2D eigenvalue weighted by Gasteiger charge is 2.21. The lowest BCUT2D eigenvalue weighted by molar-refractivity contribution is -0.141. The molecular formula is C9H17NO5S. The average Bonchev–Trinajstić information content (AvgIpc) is 2.12.